The Hall–Kier alpha value is -1.25. The maximum Gasteiger partial charge on any atom is 0.162 e. The lowest BCUT2D eigenvalue weighted by atomic mass is 9.45. The van der Waals surface area contributed by atoms with Crippen molar-refractivity contribution in [1.82, 2.24) is 0 Å². The van der Waals surface area contributed by atoms with E-state index in [0.29, 0.717) is 36.9 Å². The molecule has 4 aliphatic carbocycles. The molecule has 0 amide bonds. The monoisotopic (exact) mass is 300 g/mol. The van der Waals surface area contributed by atoms with E-state index in [-0.39, 0.29) is 28.8 Å². The fraction of sp³-hybridized carbons (Fsp3) is 0.737. The lowest BCUT2D eigenvalue weighted by molar-refractivity contribution is -0.159. The van der Waals surface area contributed by atoms with Crippen LogP contribution in [0.25, 0.3) is 0 Å². The summed E-state index contributed by atoms with van der Waals surface area (Å²) >= 11 is 0. The van der Waals surface area contributed by atoms with Crippen LogP contribution in [0.3, 0.4) is 0 Å². The maximum absolute atomic E-state index is 13.0. The predicted molar refractivity (Wildman–Crippen MR) is 82.0 cm³/mol. The van der Waals surface area contributed by atoms with Gasteiger partial charge in [0, 0.05) is 30.6 Å². The molecule has 0 aliphatic heterocycles. The van der Waals surface area contributed by atoms with Crippen molar-refractivity contribution in [3.63, 3.8) is 0 Å². The Balaban J connectivity index is 1.73. The highest BCUT2D eigenvalue weighted by atomic mass is 16.1. The quantitative estimate of drug-likeness (QED) is 0.690. The first-order valence-corrected chi connectivity index (χ1v) is 8.63. The Bertz CT molecular complexity index is 604. The number of rotatable bonds is 0. The SMILES string of the molecule is C[C@]12CCC(=O)C[C@@H]1CC[C@@H]1[C@@H]2C(=O)C[C@]2(C)C(=O)C=C[C@@H]12. The van der Waals surface area contributed by atoms with E-state index in [1.54, 1.807) is 6.08 Å². The van der Waals surface area contributed by atoms with Crippen molar-refractivity contribution in [1.29, 1.82) is 0 Å². The lowest BCUT2D eigenvalue weighted by Gasteiger charge is -2.57. The van der Waals surface area contributed by atoms with Gasteiger partial charge in [-0.25, -0.2) is 0 Å². The molecule has 118 valence electrons. The standard InChI is InChI=1S/C19H24O3/c1-18-8-7-12(20)9-11(18)3-4-13-14-5-6-16(22)19(14,2)10-15(21)17(13)18/h5-6,11,13-14,17H,3-4,7-10H2,1-2H3/t11-,13-,14-,17+,18-,19-/m0/s1. The van der Waals surface area contributed by atoms with Crippen molar-refractivity contribution in [3.05, 3.63) is 12.2 Å². The van der Waals surface area contributed by atoms with Gasteiger partial charge in [0.2, 0.25) is 0 Å². The summed E-state index contributed by atoms with van der Waals surface area (Å²) in [5.41, 5.74) is -0.527. The van der Waals surface area contributed by atoms with E-state index in [1.807, 2.05) is 6.92 Å². The molecular formula is C19H24O3. The highest BCUT2D eigenvalue weighted by Gasteiger charge is 2.62. The molecule has 6 atom stereocenters. The van der Waals surface area contributed by atoms with Gasteiger partial charge in [-0.05, 0) is 48.5 Å². The van der Waals surface area contributed by atoms with Crippen LogP contribution in [0.4, 0.5) is 0 Å². The molecule has 0 unspecified atom stereocenters. The first kappa shape index (κ1) is 14.3. The molecule has 3 fully saturated rings. The van der Waals surface area contributed by atoms with Gasteiger partial charge in [-0.2, -0.15) is 0 Å². The van der Waals surface area contributed by atoms with Gasteiger partial charge in [-0.1, -0.05) is 19.9 Å². The Labute approximate surface area is 131 Å². The summed E-state index contributed by atoms with van der Waals surface area (Å²) in [6, 6.07) is 0. The number of hydrogen-bond acceptors (Lipinski definition) is 3. The normalized spacial score (nSPS) is 50.5. The van der Waals surface area contributed by atoms with Crippen LogP contribution >= 0.6 is 0 Å². The summed E-state index contributed by atoms with van der Waals surface area (Å²) < 4.78 is 0. The van der Waals surface area contributed by atoms with Gasteiger partial charge in [-0.15, -0.1) is 0 Å². The van der Waals surface area contributed by atoms with Crippen LogP contribution in [0, 0.1) is 34.5 Å². The molecule has 0 spiro atoms. The topological polar surface area (TPSA) is 51.2 Å². The molecule has 0 N–H and O–H groups in total. The molecule has 4 aliphatic rings. The summed E-state index contributed by atoms with van der Waals surface area (Å²) in [7, 11) is 0. The molecule has 0 heterocycles. The molecule has 3 saturated carbocycles. The molecule has 22 heavy (non-hydrogen) atoms. The van der Waals surface area contributed by atoms with Crippen molar-refractivity contribution >= 4 is 17.3 Å². The van der Waals surface area contributed by atoms with Gasteiger partial charge in [0.05, 0.1) is 0 Å². The van der Waals surface area contributed by atoms with Crippen LogP contribution in [-0.2, 0) is 14.4 Å². The summed E-state index contributed by atoms with van der Waals surface area (Å²) in [4.78, 5) is 37.1. The van der Waals surface area contributed by atoms with E-state index >= 15 is 0 Å². The average Bonchev–Trinajstić information content (AvgIpc) is 2.75. The Morgan fingerprint density at radius 2 is 1.91 bits per heavy atom. The minimum atomic E-state index is -0.494. The average molecular weight is 300 g/mol. The van der Waals surface area contributed by atoms with Gasteiger partial charge in [0.15, 0.2) is 5.78 Å². The Kier molecular flexibility index (Phi) is 2.87. The molecule has 0 aromatic carbocycles. The zero-order chi connectivity index (χ0) is 15.7. The van der Waals surface area contributed by atoms with Crippen LogP contribution in [0.5, 0.6) is 0 Å². The number of carbonyl (C=O) groups excluding carboxylic acids is 3. The van der Waals surface area contributed by atoms with Gasteiger partial charge in [0.25, 0.3) is 0 Å². The van der Waals surface area contributed by atoms with Gasteiger partial charge in [0.1, 0.15) is 11.6 Å². The minimum Gasteiger partial charge on any atom is -0.300 e. The van der Waals surface area contributed by atoms with Crippen molar-refractivity contribution in [2.45, 2.75) is 52.4 Å². The lowest BCUT2D eigenvalue weighted by Crippen LogP contribution is -2.57. The van der Waals surface area contributed by atoms with E-state index in [1.165, 1.54) is 0 Å². The van der Waals surface area contributed by atoms with E-state index in [2.05, 4.69) is 13.0 Å². The van der Waals surface area contributed by atoms with Crippen molar-refractivity contribution in [3.8, 4) is 0 Å². The molecule has 3 heteroatoms. The number of allylic oxidation sites excluding steroid dienone is 2. The van der Waals surface area contributed by atoms with Crippen molar-refractivity contribution in [2.75, 3.05) is 0 Å². The second kappa shape index (κ2) is 4.39. The summed E-state index contributed by atoms with van der Waals surface area (Å²) in [6.07, 6.45) is 8.33. The van der Waals surface area contributed by atoms with E-state index in [9.17, 15) is 14.4 Å². The van der Waals surface area contributed by atoms with Crippen LogP contribution in [0.2, 0.25) is 0 Å². The third kappa shape index (κ3) is 1.65. The first-order valence-electron chi connectivity index (χ1n) is 8.63. The summed E-state index contributed by atoms with van der Waals surface area (Å²) in [5.74, 6) is 1.71. The largest absolute Gasteiger partial charge is 0.300 e. The molecule has 0 saturated heterocycles. The molecule has 4 rings (SSSR count). The zero-order valence-electron chi connectivity index (χ0n) is 13.4. The van der Waals surface area contributed by atoms with Gasteiger partial charge < -0.3 is 0 Å². The third-order valence-electron chi connectivity index (χ3n) is 7.44. The number of ketones is 3. The molecular weight excluding hydrogens is 276 g/mol. The predicted octanol–water partition coefficient (Wildman–Crippen LogP) is 3.12. The van der Waals surface area contributed by atoms with Crippen LogP contribution in [-0.4, -0.2) is 17.3 Å². The van der Waals surface area contributed by atoms with Gasteiger partial charge in [-0.3, -0.25) is 14.4 Å². The molecule has 0 bridgehead atoms. The highest BCUT2D eigenvalue weighted by molar-refractivity contribution is 6.02. The molecule has 0 aromatic heterocycles. The Morgan fingerprint density at radius 3 is 2.68 bits per heavy atom. The third-order valence-corrected chi connectivity index (χ3v) is 7.44. The smallest absolute Gasteiger partial charge is 0.162 e. The fourth-order valence-electron chi connectivity index (χ4n) is 6.16. The fourth-order valence-corrected chi connectivity index (χ4v) is 6.16. The van der Waals surface area contributed by atoms with Crippen molar-refractivity contribution in [2.24, 2.45) is 34.5 Å². The number of hydrogen-bond donors (Lipinski definition) is 0. The minimum absolute atomic E-state index is 0.0330. The summed E-state index contributed by atoms with van der Waals surface area (Å²) in [5, 5.41) is 0. The number of fused-ring (bicyclic) bond motifs is 5. The number of Topliss-reactive ketones (excluding diaryl/α,β-unsaturated/α-hetero) is 2. The maximum atomic E-state index is 13.0. The molecule has 0 radical (unpaired) electrons. The van der Waals surface area contributed by atoms with Crippen LogP contribution in [0.15, 0.2) is 12.2 Å². The highest BCUT2D eigenvalue weighted by Crippen LogP contribution is 2.62. The molecule has 3 nitrogen and oxygen atoms in total. The molecule has 0 aromatic rings. The Morgan fingerprint density at radius 1 is 1.14 bits per heavy atom. The van der Waals surface area contributed by atoms with Crippen molar-refractivity contribution < 1.29 is 14.4 Å². The second-order valence-corrected chi connectivity index (χ2v) is 8.47. The van der Waals surface area contributed by atoms with Crippen LogP contribution < -0.4 is 0 Å². The number of carbonyl (C=O) groups is 3. The van der Waals surface area contributed by atoms with Gasteiger partial charge >= 0.3 is 0 Å². The second-order valence-electron chi connectivity index (χ2n) is 8.47. The summed E-state index contributed by atoms with van der Waals surface area (Å²) in [6.45, 7) is 4.22. The van der Waals surface area contributed by atoms with E-state index in [0.717, 1.165) is 19.3 Å². The van der Waals surface area contributed by atoms with E-state index < -0.39 is 5.41 Å². The first-order chi connectivity index (χ1) is 10.4. The van der Waals surface area contributed by atoms with E-state index in [4.69, 9.17) is 0 Å². The van der Waals surface area contributed by atoms with Crippen LogP contribution in [0.1, 0.15) is 52.4 Å². The zero-order valence-corrected chi connectivity index (χ0v) is 13.4.